The van der Waals surface area contributed by atoms with Crippen LogP contribution in [0, 0.1) is 0 Å². The molecule has 0 aliphatic rings. The maximum atomic E-state index is 11.0. The number of carbonyl (C=O) groups excluding carboxylic acids is 3. The molecule has 0 saturated carbocycles. The van der Waals surface area contributed by atoms with Gasteiger partial charge in [-0.15, -0.1) is 0 Å². The van der Waals surface area contributed by atoms with Crippen LogP contribution in [0.15, 0.2) is 12.7 Å². The smallest absolute Gasteiger partial charge is 0.407 e. The molecule has 7 heteroatoms. The average molecular weight is 245 g/mol. The van der Waals surface area contributed by atoms with Crippen molar-refractivity contribution >= 4 is 18.0 Å². The van der Waals surface area contributed by atoms with Crippen LogP contribution in [0.1, 0.15) is 6.92 Å². The summed E-state index contributed by atoms with van der Waals surface area (Å²) in [5, 5.41) is 2.17. The van der Waals surface area contributed by atoms with Crippen molar-refractivity contribution in [2.45, 2.75) is 6.92 Å². The molecule has 0 saturated heterocycles. The van der Waals surface area contributed by atoms with E-state index < -0.39 is 18.0 Å². The van der Waals surface area contributed by atoms with Gasteiger partial charge in [-0.2, -0.15) is 0 Å². The Morgan fingerprint density at radius 2 is 1.82 bits per heavy atom. The highest BCUT2D eigenvalue weighted by atomic mass is 16.6. The highest BCUT2D eigenvalue weighted by Crippen LogP contribution is 1.83. The van der Waals surface area contributed by atoms with E-state index in [9.17, 15) is 14.4 Å². The Kier molecular flexibility index (Phi) is 8.09. The normalized spacial score (nSPS) is 9.00. The molecule has 0 unspecified atom stereocenters. The van der Waals surface area contributed by atoms with E-state index in [4.69, 9.17) is 0 Å². The number of carbonyl (C=O) groups is 3. The highest BCUT2D eigenvalue weighted by molar-refractivity contribution is 5.81. The summed E-state index contributed by atoms with van der Waals surface area (Å²) in [4.78, 5) is 32.4. The minimum absolute atomic E-state index is 0.0717. The Hall–Kier alpha value is -2.05. The largest absolute Gasteiger partial charge is 0.465 e. The minimum atomic E-state index is -0.785. The first-order chi connectivity index (χ1) is 8.10. The van der Waals surface area contributed by atoms with E-state index in [2.05, 4.69) is 26.1 Å². The van der Waals surface area contributed by atoms with Gasteiger partial charge in [0.25, 0.3) is 0 Å². The molecular formula is C10H15NO6. The molecule has 0 radical (unpaired) electrons. The molecular weight excluding hydrogens is 230 g/mol. The van der Waals surface area contributed by atoms with Crippen molar-refractivity contribution in [2.24, 2.45) is 0 Å². The van der Waals surface area contributed by atoms with Gasteiger partial charge in [-0.1, -0.05) is 6.58 Å². The van der Waals surface area contributed by atoms with Crippen LogP contribution < -0.4 is 5.32 Å². The first-order valence-electron chi connectivity index (χ1n) is 4.95. The van der Waals surface area contributed by atoms with E-state index >= 15 is 0 Å². The van der Waals surface area contributed by atoms with Crippen molar-refractivity contribution < 1.29 is 28.6 Å². The van der Waals surface area contributed by atoms with Crippen molar-refractivity contribution in [1.29, 1.82) is 0 Å². The van der Waals surface area contributed by atoms with Crippen molar-refractivity contribution in [1.82, 2.24) is 5.32 Å². The summed E-state index contributed by atoms with van der Waals surface area (Å²) in [6, 6.07) is 0. The van der Waals surface area contributed by atoms with E-state index in [0.717, 1.165) is 6.08 Å². The number of hydrogen-bond donors (Lipinski definition) is 1. The Labute approximate surface area is 98.7 Å². The quantitative estimate of drug-likeness (QED) is 0.294. The third-order valence-corrected chi connectivity index (χ3v) is 1.41. The third kappa shape index (κ3) is 8.91. The second-order valence-electron chi connectivity index (χ2n) is 2.67. The van der Waals surface area contributed by atoms with Gasteiger partial charge >= 0.3 is 18.0 Å². The van der Waals surface area contributed by atoms with E-state index in [1.54, 1.807) is 6.92 Å². The average Bonchev–Trinajstić information content (AvgIpc) is 2.32. The molecule has 0 aromatic carbocycles. The van der Waals surface area contributed by atoms with Gasteiger partial charge in [-0.3, -0.25) is 4.79 Å². The van der Waals surface area contributed by atoms with Crippen LogP contribution in [0.5, 0.6) is 0 Å². The lowest BCUT2D eigenvalue weighted by Crippen LogP contribution is -2.31. The number of amides is 1. The van der Waals surface area contributed by atoms with Gasteiger partial charge in [0.05, 0.1) is 6.61 Å². The van der Waals surface area contributed by atoms with Gasteiger partial charge in [-0.05, 0) is 6.92 Å². The van der Waals surface area contributed by atoms with Gasteiger partial charge in [0, 0.05) is 6.08 Å². The predicted octanol–water partition coefficient (Wildman–Crippen LogP) is 0.00490. The van der Waals surface area contributed by atoms with E-state index in [1.165, 1.54) is 0 Å². The zero-order valence-corrected chi connectivity index (χ0v) is 9.56. The number of hydrogen-bond acceptors (Lipinski definition) is 6. The second kappa shape index (κ2) is 9.20. The summed E-state index contributed by atoms with van der Waals surface area (Å²) in [6.45, 7) is 4.66. The van der Waals surface area contributed by atoms with Crippen LogP contribution in [0.4, 0.5) is 4.79 Å². The third-order valence-electron chi connectivity index (χ3n) is 1.41. The number of rotatable bonds is 7. The summed E-state index contributed by atoms with van der Waals surface area (Å²) in [7, 11) is 0. The Morgan fingerprint density at radius 1 is 1.18 bits per heavy atom. The monoisotopic (exact) mass is 245 g/mol. The van der Waals surface area contributed by atoms with Crippen LogP contribution in [0.25, 0.3) is 0 Å². The maximum Gasteiger partial charge on any atom is 0.407 e. The van der Waals surface area contributed by atoms with Crippen molar-refractivity contribution in [3.8, 4) is 0 Å². The molecule has 0 atom stereocenters. The van der Waals surface area contributed by atoms with Crippen LogP contribution in [-0.4, -0.2) is 44.4 Å². The number of alkyl carbamates (subject to hydrolysis) is 1. The predicted molar refractivity (Wildman–Crippen MR) is 57.1 cm³/mol. The standard InChI is InChI=1S/C10H15NO6/c1-3-8(12)16-5-6-17-10(14)11-7-9(13)15-4-2/h3H,1,4-7H2,2H3,(H,11,14). The molecule has 0 aromatic heterocycles. The SMILES string of the molecule is C=CC(=O)OCCOC(=O)NCC(=O)OCC. The first-order valence-corrected chi connectivity index (χ1v) is 4.95. The van der Waals surface area contributed by atoms with Crippen molar-refractivity contribution in [3.05, 3.63) is 12.7 Å². The molecule has 0 bridgehead atoms. The Bertz CT molecular complexity index is 289. The molecule has 0 aliphatic carbocycles. The molecule has 96 valence electrons. The highest BCUT2D eigenvalue weighted by Gasteiger charge is 2.06. The molecule has 0 heterocycles. The molecule has 7 nitrogen and oxygen atoms in total. The number of esters is 2. The van der Waals surface area contributed by atoms with Crippen molar-refractivity contribution in [2.75, 3.05) is 26.4 Å². The van der Waals surface area contributed by atoms with Crippen molar-refractivity contribution in [3.63, 3.8) is 0 Å². The van der Waals surface area contributed by atoms with Gasteiger partial charge in [0.15, 0.2) is 0 Å². The van der Waals surface area contributed by atoms with Crippen LogP contribution in [0.2, 0.25) is 0 Å². The summed E-state index contributed by atoms with van der Waals surface area (Å²) in [6.07, 6.45) is 0.216. The minimum Gasteiger partial charge on any atom is -0.465 e. The topological polar surface area (TPSA) is 90.9 Å². The summed E-state index contributed by atoms with van der Waals surface area (Å²) < 4.78 is 13.7. The lowest BCUT2D eigenvalue weighted by Gasteiger charge is -2.06. The lowest BCUT2D eigenvalue weighted by molar-refractivity contribution is -0.141. The summed E-state index contributed by atoms with van der Waals surface area (Å²) in [5.74, 6) is -1.15. The fourth-order valence-electron chi connectivity index (χ4n) is 0.743. The van der Waals surface area contributed by atoms with E-state index in [0.29, 0.717) is 0 Å². The fourth-order valence-corrected chi connectivity index (χ4v) is 0.743. The van der Waals surface area contributed by atoms with Gasteiger partial charge in [-0.25, -0.2) is 9.59 Å². The molecule has 0 rings (SSSR count). The molecule has 0 fully saturated rings. The molecule has 0 aromatic rings. The van der Waals surface area contributed by atoms with Crippen LogP contribution in [0.3, 0.4) is 0 Å². The zero-order chi connectivity index (χ0) is 13.1. The molecule has 1 amide bonds. The van der Waals surface area contributed by atoms with E-state index in [-0.39, 0.29) is 26.4 Å². The maximum absolute atomic E-state index is 11.0. The lowest BCUT2D eigenvalue weighted by atomic mass is 10.6. The molecule has 17 heavy (non-hydrogen) atoms. The van der Waals surface area contributed by atoms with Gasteiger partial charge in [0.1, 0.15) is 19.8 Å². The molecule has 1 N–H and O–H groups in total. The summed E-state index contributed by atoms with van der Waals surface area (Å²) >= 11 is 0. The van der Waals surface area contributed by atoms with Crippen LogP contribution in [-0.2, 0) is 23.8 Å². The van der Waals surface area contributed by atoms with Crippen LogP contribution >= 0.6 is 0 Å². The molecule has 0 spiro atoms. The molecule has 0 aliphatic heterocycles. The van der Waals surface area contributed by atoms with Gasteiger partial charge in [0.2, 0.25) is 0 Å². The fraction of sp³-hybridized carbons (Fsp3) is 0.500. The Balaban J connectivity index is 3.50. The zero-order valence-electron chi connectivity index (χ0n) is 9.56. The van der Waals surface area contributed by atoms with E-state index in [1.807, 2.05) is 0 Å². The Morgan fingerprint density at radius 3 is 2.41 bits per heavy atom. The number of ether oxygens (including phenoxy) is 3. The second-order valence-corrected chi connectivity index (χ2v) is 2.67. The number of nitrogens with one attached hydrogen (secondary N) is 1. The summed E-state index contributed by atoms with van der Waals surface area (Å²) in [5.41, 5.74) is 0. The van der Waals surface area contributed by atoms with Gasteiger partial charge < -0.3 is 19.5 Å². The first kappa shape index (κ1) is 14.9.